The van der Waals surface area contributed by atoms with Crippen molar-refractivity contribution in [1.29, 1.82) is 0 Å². The second-order valence-corrected chi connectivity index (χ2v) is 4.54. The van der Waals surface area contributed by atoms with Crippen LogP contribution in [-0.2, 0) is 18.5 Å². The SMILES string of the molecule is CCn1ncnc1COc1c(C)cccc1CBr. The van der Waals surface area contributed by atoms with E-state index in [1.165, 1.54) is 0 Å². The first-order valence-corrected chi connectivity index (χ1v) is 7.02. The van der Waals surface area contributed by atoms with Gasteiger partial charge in [-0.15, -0.1) is 0 Å². The fourth-order valence-corrected chi connectivity index (χ4v) is 2.27. The zero-order valence-corrected chi connectivity index (χ0v) is 12.1. The third kappa shape index (κ3) is 2.72. The third-order valence-electron chi connectivity index (χ3n) is 2.78. The summed E-state index contributed by atoms with van der Waals surface area (Å²) in [7, 11) is 0. The Balaban J connectivity index is 2.15. The maximum atomic E-state index is 5.89. The molecule has 0 amide bonds. The number of ether oxygens (including phenoxy) is 1. The van der Waals surface area contributed by atoms with Gasteiger partial charge in [0.1, 0.15) is 18.7 Å². The van der Waals surface area contributed by atoms with Crippen molar-refractivity contribution in [2.24, 2.45) is 0 Å². The second-order valence-electron chi connectivity index (χ2n) is 3.98. The van der Waals surface area contributed by atoms with Gasteiger partial charge < -0.3 is 4.74 Å². The molecule has 0 radical (unpaired) electrons. The maximum absolute atomic E-state index is 5.89. The monoisotopic (exact) mass is 309 g/mol. The van der Waals surface area contributed by atoms with E-state index in [9.17, 15) is 0 Å². The van der Waals surface area contributed by atoms with Gasteiger partial charge in [-0.05, 0) is 19.4 Å². The van der Waals surface area contributed by atoms with Gasteiger partial charge in [0, 0.05) is 17.4 Å². The van der Waals surface area contributed by atoms with E-state index in [0.29, 0.717) is 6.61 Å². The molecule has 5 heteroatoms. The molecule has 0 aliphatic heterocycles. The molecule has 0 spiro atoms. The van der Waals surface area contributed by atoms with Gasteiger partial charge in [-0.25, -0.2) is 9.67 Å². The minimum absolute atomic E-state index is 0.443. The number of hydrogen-bond acceptors (Lipinski definition) is 3. The molecule has 1 aromatic heterocycles. The first-order chi connectivity index (χ1) is 8.76. The summed E-state index contributed by atoms with van der Waals surface area (Å²) < 4.78 is 7.73. The quantitative estimate of drug-likeness (QED) is 0.797. The molecule has 2 rings (SSSR count). The Hall–Kier alpha value is -1.36. The van der Waals surface area contributed by atoms with Crippen molar-refractivity contribution in [2.75, 3.05) is 0 Å². The molecule has 2 aromatic rings. The number of alkyl halides is 1. The standard InChI is InChI=1S/C13H16BrN3O/c1-3-17-12(15-9-16-17)8-18-13-10(2)5-4-6-11(13)7-14/h4-6,9H,3,7-8H2,1-2H3. The zero-order valence-electron chi connectivity index (χ0n) is 10.6. The summed E-state index contributed by atoms with van der Waals surface area (Å²) >= 11 is 3.48. The van der Waals surface area contributed by atoms with Gasteiger partial charge in [-0.3, -0.25) is 0 Å². The highest BCUT2D eigenvalue weighted by Gasteiger charge is 2.08. The largest absolute Gasteiger partial charge is 0.485 e. The van der Waals surface area contributed by atoms with Gasteiger partial charge in [0.05, 0.1) is 0 Å². The van der Waals surface area contributed by atoms with Crippen LogP contribution in [0.25, 0.3) is 0 Å². The topological polar surface area (TPSA) is 39.9 Å². The number of aryl methyl sites for hydroxylation is 2. The zero-order chi connectivity index (χ0) is 13.0. The molecule has 0 fully saturated rings. The number of halogens is 1. The van der Waals surface area contributed by atoms with Crippen molar-refractivity contribution in [1.82, 2.24) is 14.8 Å². The highest BCUT2D eigenvalue weighted by molar-refractivity contribution is 9.08. The number of rotatable bonds is 5. The van der Waals surface area contributed by atoms with Crippen molar-refractivity contribution in [2.45, 2.75) is 32.3 Å². The molecular formula is C13H16BrN3O. The smallest absolute Gasteiger partial charge is 0.164 e. The lowest BCUT2D eigenvalue weighted by Gasteiger charge is -2.12. The minimum atomic E-state index is 0.443. The molecule has 18 heavy (non-hydrogen) atoms. The van der Waals surface area contributed by atoms with Crippen LogP contribution >= 0.6 is 15.9 Å². The molecule has 0 bridgehead atoms. The van der Waals surface area contributed by atoms with Crippen molar-refractivity contribution < 1.29 is 4.74 Å². The fraction of sp³-hybridized carbons (Fsp3) is 0.385. The number of aromatic nitrogens is 3. The van der Waals surface area contributed by atoms with Crippen molar-refractivity contribution in [3.05, 3.63) is 41.5 Å². The molecule has 0 saturated carbocycles. The Morgan fingerprint density at radius 2 is 2.22 bits per heavy atom. The summed E-state index contributed by atoms with van der Waals surface area (Å²) in [5, 5.41) is 4.91. The van der Waals surface area contributed by atoms with Gasteiger partial charge in [0.25, 0.3) is 0 Å². The van der Waals surface area contributed by atoms with Crippen LogP contribution in [0.4, 0.5) is 0 Å². The summed E-state index contributed by atoms with van der Waals surface area (Å²) in [5.74, 6) is 1.78. The molecule has 0 N–H and O–H groups in total. The Labute approximate surface area is 115 Å². The van der Waals surface area contributed by atoms with E-state index in [2.05, 4.69) is 32.1 Å². The highest BCUT2D eigenvalue weighted by atomic mass is 79.9. The van der Waals surface area contributed by atoms with E-state index in [-0.39, 0.29) is 0 Å². The van der Waals surface area contributed by atoms with Crippen LogP contribution in [0.2, 0.25) is 0 Å². The minimum Gasteiger partial charge on any atom is -0.485 e. The molecule has 1 heterocycles. The predicted octanol–water partition coefficient (Wildman–Crippen LogP) is 3.08. The summed E-state index contributed by atoms with van der Waals surface area (Å²) in [4.78, 5) is 4.20. The van der Waals surface area contributed by atoms with E-state index < -0.39 is 0 Å². The van der Waals surface area contributed by atoms with Crippen LogP contribution < -0.4 is 4.74 Å². The molecule has 1 aromatic carbocycles. The van der Waals surface area contributed by atoms with Gasteiger partial charge >= 0.3 is 0 Å². The van der Waals surface area contributed by atoms with Crippen LogP contribution in [0.3, 0.4) is 0 Å². The third-order valence-corrected chi connectivity index (χ3v) is 3.38. The number of hydrogen-bond donors (Lipinski definition) is 0. The molecule has 0 aliphatic carbocycles. The molecule has 0 unspecified atom stereocenters. The van der Waals surface area contributed by atoms with E-state index in [4.69, 9.17) is 4.74 Å². The Bertz CT molecular complexity index is 525. The average molecular weight is 310 g/mol. The van der Waals surface area contributed by atoms with Crippen LogP contribution in [0.5, 0.6) is 5.75 Å². The lowest BCUT2D eigenvalue weighted by Crippen LogP contribution is -2.08. The molecule has 0 aliphatic rings. The van der Waals surface area contributed by atoms with Crippen molar-refractivity contribution in [3.63, 3.8) is 0 Å². The first kappa shape index (κ1) is 13.1. The molecule has 0 atom stereocenters. The second kappa shape index (κ2) is 6.00. The predicted molar refractivity (Wildman–Crippen MR) is 73.8 cm³/mol. The van der Waals surface area contributed by atoms with E-state index in [0.717, 1.165) is 34.6 Å². The summed E-state index contributed by atoms with van der Waals surface area (Å²) in [6, 6.07) is 6.14. The lowest BCUT2D eigenvalue weighted by molar-refractivity contribution is 0.283. The van der Waals surface area contributed by atoms with Gasteiger partial charge in [0.2, 0.25) is 0 Å². The average Bonchev–Trinajstić information content (AvgIpc) is 2.84. The summed E-state index contributed by atoms with van der Waals surface area (Å²) in [6.07, 6.45) is 1.56. The molecule has 4 nitrogen and oxygen atoms in total. The fourth-order valence-electron chi connectivity index (χ4n) is 1.83. The highest BCUT2D eigenvalue weighted by Crippen LogP contribution is 2.26. The molecule has 96 valence electrons. The van der Waals surface area contributed by atoms with Crippen LogP contribution in [0.1, 0.15) is 23.9 Å². The summed E-state index contributed by atoms with van der Waals surface area (Å²) in [6.45, 7) is 5.33. The Kier molecular flexibility index (Phi) is 4.36. The van der Waals surface area contributed by atoms with E-state index in [1.807, 2.05) is 30.7 Å². The lowest BCUT2D eigenvalue weighted by atomic mass is 10.1. The molecular weight excluding hydrogens is 294 g/mol. The van der Waals surface area contributed by atoms with Gasteiger partial charge in [0.15, 0.2) is 5.82 Å². The van der Waals surface area contributed by atoms with Crippen molar-refractivity contribution in [3.8, 4) is 5.75 Å². The van der Waals surface area contributed by atoms with Crippen LogP contribution in [0, 0.1) is 6.92 Å². The Morgan fingerprint density at radius 3 is 2.94 bits per heavy atom. The van der Waals surface area contributed by atoms with E-state index in [1.54, 1.807) is 6.33 Å². The van der Waals surface area contributed by atoms with Gasteiger partial charge in [-0.1, -0.05) is 34.1 Å². The first-order valence-electron chi connectivity index (χ1n) is 5.90. The Morgan fingerprint density at radius 1 is 1.39 bits per heavy atom. The number of benzene rings is 1. The van der Waals surface area contributed by atoms with Crippen LogP contribution in [0.15, 0.2) is 24.5 Å². The van der Waals surface area contributed by atoms with Crippen LogP contribution in [-0.4, -0.2) is 14.8 Å². The van der Waals surface area contributed by atoms with E-state index >= 15 is 0 Å². The number of para-hydroxylation sites is 1. The number of nitrogens with zero attached hydrogens (tertiary/aromatic N) is 3. The van der Waals surface area contributed by atoms with Gasteiger partial charge in [-0.2, -0.15) is 5.10 Å². The maximum Gasteiger partial charge on any atom is 0.164 e. The summed E-state index contributed by atoms with van der Waals surface area (Å²) in [5.41, 5.74) is 2.28. The molecule has 0 saturated heterocycles. The van der Waals surface area contributed by atoms with Crippen molar-refractivity contribution >= 4 is 15.9 Å². The normalized spacial score (nSPS) is 10.6.